The maximum absolute atomic E-state index is 10.2. The predicted octanol–water partition coefficient (Wildman–Crippen LogP) is 12.6. The van der Waals surface area contributed by atoms with E-state index in [1.54, 1.807) is 41.0 Å². The number of benzene rings is 8. The molecule has 0 spiro atoms. The maximum atomic E-state index is 10.2. The Bertz CT molecular complexity index is 4310. The fraction of sp³-hybridized carbons (Fsp3) is 0. The molecule has 8 aromatic carbocycles. The first kappa shape index (κ1) is 13.8. The first-order valence-corrected chi connectivity index (χ1v) is 15.7. The maximum Gasteiger partial charge on any atom is 0.0667 e. The highest BCUT2D eigenvalue weighted by Crippen LogP contribution is 2.39. The third kappa shape index (κ3) is 4.12. The van der Waals surface area contributed by atoms with Crippen molar-refractivity contribution in [1.29, 1.82) is 0 Å². The highest BCUT2D eigenvalue weighted by Gasteiger charge is 2.19. The zero-order chi connectivity index (χ0) is 53.5. The molecule has 0 radical (unpaired) electrons. The molecule has 0 saturated heterocycles. The van der Waals surface area contributed by atoms with Crippen molar-refractivity contribution in [1.82, 2.24) is 13.7 Å². The van der Waals surface area contributed by atoms with Gasteiger partial charge in [0.25, 0.3) is 0 Å². The lowest BCUT2D eigenvalue weighted by Crippen LogP contribution is -2.00. The molecule has 11 aromatic rings. The Balaban J connectivity index is 1.45. The molecule has 0 atom stereocenters. The minimum atomic E-state index is -1.04. The van der Waals surface area contributed by atoms with Gasteiger partial charge in [-0.25, -0.2) is 0 Å². The Hall–Kier alpha value is -6.84. The van der Waals surface area contributed by atoms with Gasteiger partial charge < -0.3 is 13.7 Å². The molecule has 238 valence electrons. The van der Waals surface area contributed by atoms with Crippen LogP contribution >= 0.6 is 0 Å². The summed E-state index contributed by atoms with van der Waals surface area (Å²) in [5, 5.41) is -0.368. The largest absolute Gasteiger partial charge is 0.309 e. The van der Waals surface area contributed by atoms with E-state index >= 15 is 0 Å². The summed E-state index contributed by atoms with van der Waals surface area (Å²) >= 11 is 0. The lowest BCUT2D eigenvalue weighted by Gasteiger charge is -2.16. The van der Waals surface area contributed by atoms with Crippen LogP contribution in [0.15, 0.2) is 188 Å². The molecule has 0 bridgehead atoms. The molecule has 0 aliphatic heterocycles. The second kappa shape index (κ2) is 10.8. The highest BCUT2D eigenvalue weighted by atomic mass is 15.0. The van der Waals surface area contributed by atoms with Crippen LogP contribution in [0.3, 0.4) is 0 Å². The van der Waals surface area contributed by atoms with E-state index in [4.69, 9.17) is 17.8 Å². The SMILES string of the molecule is [2H]c1c([2H])c([2H])c(-c2c([2H])c(-n3c4c([2H])c([2H])c([2H])c([2H])c4c4c([2H])c([2H])c([2H])c([2H])c43)c([2H])c(-n3c4c([2H])c([2H])c([2H])c([2H])c4c4c([2H])c(-n5c6ccccc6c6ccccc65)c([2H])c([2H])c43)c2[2H])c([2H])c1[2H]. The quantitative estimate of drug-likeness (QED) is 0.177. The number of hydrogen-bond acceptors (Lipinski definition) is 0. The number of aromatic nitrogens is 3. The van der Waals surface area contributed by atoms with Crippen LogP contribution in [0.2, 0.25) is 0 Å². The molecule has 3 aromatic heterocycles. The van der Waals surface area contributed by atoms with Gasteiger partial charge in [-0.05, 0) is 77.6 Å². The minimum absolute atomic E-state index is 0.195. The normalized spacial score (nSPS) is 18.2. The van der Waals surface area contributed by atoms with Gasteiger partial charge in [-0.15, -0.1) is 0 Å². The summed E-state index contributed by atoms with van der Waals surface area (Å²) in [6.45, 7) is 0. The topological polar surface area (TPSA) is 14.8 Å². The first-order chi connectivity index (χ1) is 34.9. The van der Waals surface area contributed by atoms with E-state index in [2.05, 4.69) is 0 Å². The third-order valence-electron chi connectivity index (χ3n) is 8.90. The van der Waals surface area contributed by atoms with Crippen molar-refractivity contribution in [2.45, 2.75) is 0 Å². The Labute approximate surface area is 326 Å². The zero-order valence-electron chi connectivity index (χ0n) is 49.0. The smallest absolute Gasteiger partial charge is 0.0667 e. The van der Waals surface area contributed by atoms with Crippen LogP contribution in [0.1, 0.15) is 31.5 Å². The van der Waals surface area contributed by atoms with Crippen LogP contribution < -0.4 is 0 Å². The van der Waals surface area contributed by atoms with Gasteiger partial charge in [0.05, 0.1) is 64.6 Å². The average Bonchev–Trinajstić information content (AvgIpc) is 4.04. The van der Waals surface area contributed by atoms with Crippen molar-refractivity contribution < 1.29 is 31.5 Å². The molecule has 0 saturated carbocycles. The van der Waals surface area contributed by atoms with E-state index in [1.807, 2.05) is 12.1 Å². The molecule has 0 aliphatic carbocycles. The lowest BCUT2D eigenvalue weighted by molar-refractivity contribution is 1.13. The number of fused-ring (bicyclic) bond motifs is 9. The van der Waals surface area contributed by atoms with E-state index < -0.39 is 200 Å². The van der Waals surface area contributed by atoms with Crippen molar-refractivity contribution in [2.75, 3.05) is 0 Å². The Morgan fingerprint density at radius 3 is 1.31 bits per heavy atom. The van der Waals surface area contributed by atoms with E-state index in [9.17, 15) is 13.7 Å². The van der Waals surface area contributed by atoms with Gasteiger partial charge >= 0.3 is 0 Å². The molecular formula is C48H31N3. The van der Waals surface area contributed by atoms with Crippen molar-refractivity contribution in [3.05, 3.63) is 188 Å². The second-order valence-corrected chi connectivity index (χ2v) is 11.6. The van der Waals surface area contributed by atoms with Gasteiger partial charge in [-0.2, -0.15) is 0 Å². The molecule has 3 heteroatoms. The fourth-order valence-electron chi connectivity index (χ4n) is 6.81. The van der Waals surface area contributed by atoms with Gasteiger partial charge in [-0.1, -0.05) is 121 Å². The van der Waals surface area contributed by atoms with E-state index in [-0.39, 0.29) is 11.1 Å². The van der Waals surface area contributed by atoms with Crippen LogP contribution in [0.4, 0.5) is 0 Å². The number of rotatable bonds is 4. The van der Waals surface area contributed by atoms with Crippen LogP contribution in [0, 0.1) is 0 Å². The van der Waals surface area contributed by atoms with Crippen LogP contribution in [0.5, 0.6) is 0 Å². The first-order valence-electron chi connectivity index (χ1n) is 27.2. The molecule has 51 heavy (non-hydrogen) atoms. The van der Waals surface area contributed by atoms with E-state index in [0.717, 1.165) is 9.13 Å². The molecular weight excluding hydrogens is 619 g/mol. The average molecular weight is 673 g/mol. The molecule has 0 fully saturated rings. The summed E-state index contributed by atoms with van der Waals surface area (Å²) in [6, 6.07) is -5.58. The van der Waals surface area contributed by atoms with Gasteiger partial charge in [0, 0.05) is 49.4 Å². The Morgan fingerprint density at radius 1 is 0.294 bits per heavy atom. The van der Waals surface area contributed by atoms with Crippen molar-refractivity contribution in [3.63, 3.8) is 0 Å². The van der Waals surface area contributed by atoms with Crippen molar-refractivity contribution in [3.8, 4) is 28.2 Å². The summed E-state index contributed by atoms with van der Waals surface area (Å²) in [5.74, 6) is 0. The molecule has 0 amide bonds. The third-order valence-corrected chi connectivity index (χ3v) is 8.90. The molecule has 3 nitrogen and oxygen atoms in total. The summed E-state index contributed by atoms with van der Waals surface area (Å²) < 4.78 is 215. The fourth-order valence-corrected chi connectivity index (χ4v) is 6.81. The molecule has 11 rings (SSSR count). The Kier molecular flexibility index (Phi) is 2.93. The van der Waals surface area contributed by atoms with Crippen molar-refractivity contribution in [2.24, 2.45) is 0 Å². The van der Waals surface area contributed by atoms with Gasteiger partial charge in [-0.3, -0.25) is 0 Å². The van der Waals surface area contributed by atoms with Gasteiger partial charge in [0.1, 0.15) is 0 Å². The van der Waals surface area contributed by atoms with Gasteiger partial charge in [0.15, 0.2) is 0 Å². The summed E-state index contributed by atoms with van der Waals surface area (Å²) in [7, 11) is 0. The molecule has 0 aliphatic rings. The predicted molar refractivity (Wildman–Crippen MR) is 215 cm³/mol. The van der Waals surface area contributed by atoms with Gasteiger partial charge in [0.2, 0.25) is 0 Å². The summed E-state index contributed by atoms with van der Waals surface area (Å²) in [5.41, 5.74) is -4.93. The monoisotopic (exact) mass is 672 g/mol. The van der Waals surface area contributed by atoms with Crippen LogP contribution in [-0.4, -0.2) is 13.7 Å². The summed E-state index contributed by atoms with van der Waals surface area (Å²) in [4.78, 5) is 0. The lowest BCUT2D eigenvalue weighted by atomic mass is 10.0. The molecule has 3 heterocycles. The van der Waals surface area contributed by atoms with E-state index in [1.165, 1.54) is 0 Å². The van der Waals surface area contributed by atoms with Crippen molar-refractivity contribution >= 4 is 65.4 Å². The number of nitrogens with zero attached hydrogens (tertiary/aromatic N) is 3. The van der Waals surface area contributed by atoms with Crippen LogP contribution in [-0.2, 0) is 0 Å². The minimum Gasteiger partial charge on any atom is -0.309 e. The number of hydrogen-bond donors (Lipinski definition) is 0. The zero-order valence-corrected chi connectivity index (χ0v) is 26.0. The summed E-state index contributed by atoms with van der Waals surface area (Å²) in [6.07, 6.45) is 0. The number of para-hydroxylation sites is 5. The molecule has 0 unspecified atom stereocenters. The molecule has 0 N–H and O–H groups in total. The standard InChI is InChI=1S/C48H31N3/c1-2-14-32(15-3-1)33-28-35(50-45-23-11-6-18-39(45)40-19-7-12-24-46(40)50)30-36(29-33)51-47-25-13-8-20-41(47)42-31-34(26-27-48(42)51)49-43-21-9-4-16-37(43)38-17-5-10-22-44(38)49/h1-31H/i1D,2D,3D,6D,7D,8D,11D,12D,13D,14D,15D,18D,19D,20D,23D,24D,25D,26D,27D,28D,29D,30D,31D. The van der Waals surface area contributed by atoms with E-state index in [0.29, 0.717) is 21.8 Å². The Morgan fingerprint density at radius 2 is 0.745 bits per heavy atom. The second-order valence-electron chi connectivity index (χ2n) is 11.6. The highest BCUT2D eigenvalue weighted by molar-refractivity contribution is 6.13. The van der Waals surface area contributed by atoms with Crippen LogP contribution in [0.25, 0.3) is 93.6 Å².